The quantitative estimate of drug-likeness (QED) is 0.772. The van der Waals surface area contributed by atoms with Crippen molar-refractivity contribution in [3.63, 3.8) is 0 Å². The highest BCUT2D eigenvalue weighted by molar-refractivity contribution is 6.31. The summed E-state index contributed by atoms with van der Waals surface area (Å²) in [6.07, 6.45) is 0.346. The molecule has 0 spiro atoms. The van der Waals surface area contributed by atoms with Gasteiger partial charge >= 0.3 is 0 Å². The number of hydrogen-bond donors (Lipinski definition) is 0. The zero-order chi connectivity index (χ0) is 11.3. The van der Waals surface area contributed by atoms with Gasteiger partial charge in [-0.3, -0.25) is 4.79 Å². The molecule has 3 heteroatoms. The number of Topliss-reactive ketones (excluding diaryl/α,β-unsaturated/α-hetero) is 1. The van der Waals surface area contributed by atoms with Crippen LogP contribution in [0.2, 0.25) is 5.02 Å². The summed E-state index contributed by atoms with van der Waals surface area (Å²) in [5.41, 5.74) is 1.97. The van der Waals surface area contributed by atoms with Gasteiger partial charge in [-0.1, -0.05) is 23.7 Å². The zero-order valence-electron chi connectivity index (χ0n) is 9.05. The molecular weight excluding hydrogens is 212 g/mol. The Morgan fingerprint density at radius 2 is 2.20 bits per heavy atom. The third kappa shape index (κ3) is 4.02. The molecule has 0 aliphatic carbocycles. The number of halogens is 1. The maximum absolute atomic E-state index is 11.4. The first kappa shape index (κ1) is 12.2. The topological polar surface area (TPSA) is 26.3 Å². The Morgan fingerprint density at radius 1 is 1.47 bits per heavy atom. The Hall–Kier alpha value is -0.860. The van der Waals surface area contributed by atoms with Crippen LogP contribution >= 0.6 is 11.6 Å². The first-order valence-corrected chi connectivity index (χ1v) is 5.35. The lowest BCUT2D eigenvalue weighted by Gasteiger charge is -2.04. The molecule has 0 amide bonds. The Morgan fingerprint density at radius 3 is 2.80 bits per heavy atom. The first-order valence-electron chi connectivity index (χ1n) is 4.98. The molecule has 0 aromatic heterocycles. The summed E-state index contributed by atoms with van der Waals surface area (Å²) in [6, 6.07) is 5.71. The van der Waals surface area contributed by atoms with E-state index in [0.717, 1.165) is 11.1 Å². The van der Waals surface area contributed by atoms with Gasteiger partial charge in [0.15, 0.2) is 5.78 Å². The molecule has 15 heavy (non-hydrogen) atoms. The van der Waals surface area contributed by atoms with E-state index in [2.05, 4.69) is 0 Å². The van der Waals surface area contributed by atoms with Crippen LogP contribution in [0, 0.1) is 6.92 Å². The van der Waals surface area contributed by atoms with Gasteiger partial charge in [0.2, 0.25) is 0 Å². The second kappa shape index (κ2) is 5.89. The normalized spacial score (nSPS) is 10.3. The van der Waals surface area contributed by atoms with Crippen LogP contribution in [0.3, 0.4) is 0 Å². The van der Waals surface area contributed by atoms with E-state index in [9.17, 15) is 4.79 Å². The third-order valence-electron chi connectivity index (χ3n) is 2.06. The van der Waals surface area contributed by atoms with Crippen molar-refractivity contribution >= 4 is 17.4 Å². The van der Waals surface area contributed by atoms with Gasteiger partial charge in [0.25, 0.3) is 0 Å². The molecule has 0 aliphatic rings. The van der Waals surface area contributed by atoms with E-state index in [1.54, 1.807) is 0 Å². The number of rotatable bonds is 5. The number of ketones is 1. The standard InChI is InChI=1S/C12H15ClO2/c1-3-15-8-11(14)7-10-5-4-9(2)6-12(10)13/h4-6H,3,7-8H2,1-2H3. The van der Waals surface area contributed by atoms with Gasteiger partial charge in [-0.25, -0.2) is 0 Å². The molecular formula is C12H15ClO2. The minimum Gasteiger partial charge on any atom is -0.374 e. The molecule has 1 aromatic rings. The summed E-state index contributed by atoms with van der Waals surface area (Å²) < 4.78 is 5.04. The minimum absolute atomic E-state index is 0.0580. The van der Waals surface area contributed by atoms with Crippen molar-refractivity contribution in [3.05, 3.63) is 34.3 Å². The second-order valence-electron chi connectivity index (χ2n) is 3.45. The van der Waals surface area contributed by atoms with Gasteiger partial charge in [0.05, 0.1) is 0 Å². The van der Waals surface area contributed by atoms with Crippen molar-refractivity contribution in [2.24, 2.45) is 0 Å². The predicted molar refractivity (Wildman–Crippen MR) is 61.4 cm³/mol. The number of carbonyl (C=O) groups is 1. The lowest BCUT2D eigenvalue weighted by molar-refractivity contribution is -0.122. The summed E-state index contributed by atoms with van der Waals surface area (Å²) in [5.74, 6) is 0.0580. The maximum Gasteiger partial charge on any atom is 0.162 e. The van der Waals surface area contributed by atoms with Crippen molar-refractivity contribution in [2.45, 2.75) is 20.3 Å². The van der Waals surface area contributed by atoms with E-state index in [-0.39, 0.29) is 12.4 Å². The van der Waals surface area contributed by atoms with Crippen molar-refractivity contribution in [1.82, 2.24) is 0 Å². The van der Waals surface area contributed by atoms with Crippen LogP contribution in [0.25, 0.3) is 0 Å². The van der Waals surface area contributed by atoms with Crippen LogP contribution in [-0.4, -0.2) is 19.0 Å². The van der Waals surface area contributed by atoms with Crippen molar-refractivity contribution in [3.8, 4) is 0 Å². The van der Waals surface area contributed by atoms with Crippen LogP contribution in [0.15, 0.2) is 18.2 Å². The number of carbonyl (C=O) groups excluding carboxylic acids is 1. The minimum atomic E-state index is 0.0580. The molecule has 0 N–H and O–H groups in total. The molecule has 0 saturated carbocycles. The van der Waals surface area contributed by atoms with Gasteiger partial charge in [-0.05, 0) is 31.0 Å². The average Bonchev–Trinajstić information content (AvgIpc) is 2.19. The van der Waals surface area contributed by atoms with E-state index < -0.39 is 0 Å². The fourth-order valence-electron chi connectivity index (χ4n) is 1.28. The lowest BCUT2D eigenvalue weighted by atomic mass is 10.1. The molecule has 0 bridgehead atoms. The summed E-state index contributed by atoms with van der Waals surface area (Å²) in [4.78, 5) is 11.4. The van der Waals surface area contributed by atoms with Gasteiger partial charge in [0.1, 0.15) is 6.61 Å². The fourth-order valence-corrected chi connectivity index (χ4v) is 1.58. The van der Waals surface area contributed by atoms with Gasteiger partial charge in [-0.2, -0.15) is 0 Å². The van der Waals surface area contributed by atoms with Gasteiger partial charge < -0.3 is 4.74 Å². The second-order valence-corrected chi connectivity index (χ2v) is 3.85. The van der Waals surface area contributed by atoms with Crippen LogP contribution in [0.5, 0.6) is 0 Å². The molecule has 2 nitrogen and oxygen atoms in total. The van der Waals surface area contributed by atoms with Crippen molar-refractivity contribution in [2.75, 3.05) is 13.2 Å². The monoisotopic (exact) mass is 226 g/mol. The van der Waals surface area contributed by atoms with E-state index in [0.29, 0.717) is 18.1 Å². The van der Waals surface area contributed by atoms with Gasteiger partial charge in [0, 0.05) is 18.1 Å². The molecule has 0 unspecified atom stereocenters. The van der Waals surface area contributed by atoms with E-state index in [1.165, 1.54) is 0 Å². The summed E-state index contributed by atoms with van der Waals surface area (Å²) in [5, 5.41) is 0.653. The molecule has 0 atom stereocenters. The maximum atomic E-state index is 11.4. The van der Waals surface area contributed by atoms with E-state index in [1.807, 2.05) is 32.0 Å². The van der Waals surface area contributed by atoms with E-state index >= 15 is 0 Å². The zero-order valence-corrected chi connectivity index (χ0v) is 9.80. The summed E-state index contributed by atoms with van der Waals surface area (Å²) in [6.45, 7) is 4.57. The molecule has 1 rings (SSSR count). The molecule has 82 valence electrons. The Kier molecular flexibility index (Phi) is 4.79. The Labute approximate surface area is 95.2 Å². The number of ether oxygens (including phenoxy) is 1. The predicted octanol–water partition coefficient (Wildman–Crippen LogP) is 2.80. The highest BCUT2D eigenvalue weighted by atomic mass is 35.5. The third-order valence-corrected chi connectivity index (χ3v) is 2.42. The smallest absolute Gasteiger partial charge is 0.162 e. The van der Waals surface area contributed by atoms with Gasteiger partial charge in [-0.15, -0.1) is 0 Å². The molecule has 0 fully saturated rings. The molecule has 0 heterocycles. The SMILES string of the molecule is CCOCC(=O)Cc1ccc(C)cc1Cl. The molecule has 0 radical (unpaired) electrons. The van der Waals surface area contributed by atoms with Crippen molar-refractivity contribution in [1.29, 1.82) is 0 Å². The van der Waals surface area contributed by atoms with Crippen molar-refractivity contribution < 1.29 is 9.53 Å². The number of benzene rings is 1. The highest BCUT2D eigenvalue weighted by Crippen LogP contribution is 2.18. The Balaban J connectivity index is 2.60. The summed E-state index contributed by atoms with van der Waals surface area (Å²) >= 11 is 6.01. The molecule has 1 aromatic carbocycles. The van der Waals surface area contributed by atoms with Crippen LogP contribution in [0.4, 0.5) is 0 Å². The molecule has 0 aliphatic heterocycles. The lowest BCUT2D eigenvalue weighted by Crippen LogP contribution is -2.11. The number of hydrogen-bond acceptors (Lipinski definition) is 2. The summed E-state index contributed by atoms with van der Waals surface area (Å²) in [7, 11) is 0. The van der Waals surface area contributed by atoms with Crippen LogP contribution in [0.1, 0.15) is 18.1 Å². The largest absolute Gasteiger partial charge is 0.374 e. The molecule has 0 saturated heterocycles. The van der Waals surface area contributed by atoms with Crippen LogP contribution < -0.4 is 0 Å². The van der Waals surface area contributed by atoms with Crippen LogP contribution in [-0.2, 0) is 16.0 Å². The Bertz CT molecular complexity index is 347. The highest BCUT2D eigenvalue weighted by Gasteiger charge is 2.07. The first-order chi connectivity index (χ1) is 7.13. The number of aryl methyl sites for hydroxylation is 1. The van der Waals surface area contributed by atoms with E-state index in [4.69, 9.17) is 16.3 Å². The fraction of sp³-hybridized carbons (Fsp3) is 0.417. The average molecular weight is 227 g/mol.